The number of hydrogen-bond donors (Lipinski definition) is 2. The molecule has 0 fully saturated rings. The van der Waals surface area contributed by atoms with Crippen molar-refractivity contribution in [3.05, 3.63) is 29.6 Å². The van der Waals surface area contributed by atoms with Crippen molar-refractivity contribution >= 4 is 5.91 Å². The molecule has 0 radical (unpaired) electrons. The molecule has 3 N–H and O–H groups in total. The fraction of sp³-hybridized carbons (Fsp3) is 0.333. The highest BCUT2D eigenvalue weighted by atomic mass is 19.1. The lowest BCUT2D eigenvalue weighted by molar-refractivity contribution is -0.121. The number of unbranched alkanes of at least 4 members (excludes halogenated alkanes) is 1. The van der Waals surface area contributed by atoms with Crippen molar-refractivity contribution in [1.82, 2.24) is 5.43 Å². The SMILES string of the molecule is N#Cc1ccc(OCCCCC(=O)NN)cc1F. The van der Waals surface area contributed by atoms with E-state index in [0.717, 1.165) is 0 Å². The van der Waals surface area contributed by atoms with E-state index in [-0.39, 0.29) is 11.5 Å². The number of hydrogen-bond acceptors (Lipinski definition) is 4. The minimum atomic E-state index is -0.600. The summed E-state index contributed by atoms with van der Waals surface area (Å²) in [5.74, 6) is 4.47. The summed E-state index contributed by atoms with van der Waals surface area (Å²) < 4.78 is 18.5. The van der Waals surface area contributed by atoms with E-state index in [1.807, 2.05) is 5.43 Å². The number of amides is 1. The minimum Gasteiger partial charge on any atom is -0.493 e. The van der Waals surface area contributed by atoms with Crippen LogP contribution in [-0.4, -0.2) is 12.5 Å². The zero-order valence-electron chi connectivity index (χ0n) is 9.78. The van der Waals surface area contributed by atoms with E-state index in [4.69, 9.17) is 15.8 Å². The lowest BCUT2D eigenvalue weighted by atomic mass is 10.2. The van der Waals surface area contributed by atoms with Gasteiger partial charge in [-0.05, 0) is 25.0 Å². The van der Waals surface area contributed by atoms with Gasteiger partial charge in [0.2, 0.25) is 5.91 Å². The number of benzene rings is 1. The highest BCUT2D eigenvalue weighted by Gasteiger charge is 2.03. The maximum absolute atomic E-state index is 13.2. The first-order valence-electron chi connectivity index (χ1n) is 5.49. The second-order valence-corrected chi connectivity index (χ2v) is 3.63. The zero-order valence-corrected chi connectivity index (χ0v) is 9.78. The van der Waals surface area contributed by atoms with Crippen LogP contribution >= 0.6 is 0 Å². The zero-order chi connectivity index (χ0) is 13.4. The predicted octanol–water partition coefficient (Wildman–Crippen LogP) is 1.24. The van der Waals surface area contributed by atoms with Crippen LogP contribution in [0.15, 0.2) is 18.2 Å². The van der Waals surface area contributed by atoms with Gasteiger partial charge in [0.05, 0.1) is 12.2 Å². The van der Waals surface area contributed by atoms with Crippen LogP contribution in [0.5, 0.6) is 5.75 Å². The second kappa shape index (κ2) is 7.25. The van der Waals surface area contributed by atoms with Crippen molar-refractivity contribution in [2.24, 2.45) is 5.84 Å². The first-order valence-corrected chi connectivity index (χ1v) is 5.49. The average Bonchev–Trinajstić information content (AvgIpc) is 2.38. The maximum Gasteiger partial charge on any atom is 0.233 e. The van der Waals surface area contributed by atoms with E-state index in [9.17, 15) is 9.18 Å². The van der Waals surface area contributed by atoms with Crippen molar-refractivity contribution in [2.45, 2.75) is 19.3 Å². The molecule has 96 valence electrons. The molecule has 1 aromatic rings. The number of carbonyl (C=O) groups is 1. The molecule has 1 aromatic carbocycles. The van der Waals surface area contributed by atoms with Crippen LogP contribution < -0.4 is 16.0 Å². The van der Waals surface area contributed by atoms with Crippen molar-refractivity contribution < 1.29 is 13.9 Å². The number of ether oxygens (including phenoxy) is 1. The molecular formula is C12H14FN3O2. The smallest absolute Gasteiger partial charge is 0.233 e. The monoisotopic (exact) mass is 251 g/mol. The molecule has 0 aliphatic carbocycles. The Labute approximate surface area is 104 Å². The van der Waals surface area contributed by atoms with Gasteiger partial charge in [-0.1, -0.05) is 0 Å². The van der Waals surface area contributed by atoms with Gasteiger partial charge in [0.25, 0.3) is 0 Å². The highest BCUT2D eigenvalue weighted by molar-refractivity contribution is 5.75. The van der Waals surface area contributed by atoms with E-state index < -0.39 is 5.82 Å². The van der Waals surface area contributed by atoms with Gasteiger partial charge >= 0.3 is 0 Å². The van der Waals surface area contributed by atoms with E-state index in [2.05, 4.69) is 0 Å². The van der Waals surface area contributed by atoms with Crippen molar-refractivity contribution in [3.8, 4) is 11.8 Å². The molecule has 1 amide bonds. The summed E-state index contributed by atoms with van der Waals surface area (Å²) in [7, 11) is 0. The summed E-state index contributed by atoms with van der Waals surface area (Å²) in [5, 5.41) is 8.55. The number of nitrogens with one attached hydrogen (secondary N) is 1. The lowest BCUT2D eigenvalue weighted by Crippen LogP contribution is -2.29. The first-order chi connectivity index (χ1) is 8.67. The molecule has 1 rings (SSSR count). The molecule has 6 heteroatoms. The van der Waals surface area contributed by atoms with Crippen LogP contribution in [0.2, 0.25) is 0 Å². The molecule has 0 unspecified atom stereocenters. The van der Waals surface area contributed by atoms with Gasteiger partial charge in [0.1, 0.15) is 17.6 Å². The van der Waals surface area contributed by atoms with Gasteiger partial charge < -0.3 is 4.74 Å². The Morgan fingerprint density at radius 2 is 2.28 bits per heavy atom. The standard InChI is InChI=1S/C12H14FN3O2/c13-11-7-10(5-4-9(11)8-14)18-6-2-1-3-12(17)16-15/h4-5,7H,1-3,6,15H2,(H,16,17). The molecule has 0 saturated heterocycles. The van der Waals surface area contributed by atoms with E-state index in [0.29, 0.717) is 31.6 Å². The summed E-state index contributed by atoms with van der Waals surface area (Å²) >= 11 is 0. The summed E-state index contributed by atoms with van der Waals surface area (Å²) in [4.78, 5) is 10.8. The first kappa shape index (κ1) is 13.9. The molecular weight excluding hydrogens is 237 g/mol. The summed E-state index contributed by atoms with van der Waals surface area (Å²) in [5.41, 5.74) is 2.02. The quantitative estimate of drug-likeness (QED) is 0.344. The number of carbonyl (C=O) groups excluding carboxylic acids is 1. The Morgan fingerprint density at radius 3 is 2.89 bits per heavy atom. The molecule has 0 saturated carbocycles. The van der Waals surface area contributed by atoms with Gasteiger partial charge in [-0.3, -0.25) is 10.2 Å². The van der Waals surface area contributed by atoms with Crippen LogP contribution in [0, 0.1) is 17.1 Å². The Bertz CT molecular complexity index is 457. The van der Waals surface area contributed by atoms with Crippen LogP contribution in [0.1, 0.15) is 24.8 Å². The normalized spacial score (nSPS) is 9.61. The van der Waals surface area contributed by atoms with Crippen molar-refractivity contribution in [3.63, 3.8) is 0 Å². The topological polar surface area (TPSA) is 88.1 Å². The van der Waals surface area contributed by atoms with Gasteiger partial charge in [0.15, 0.2) is 0 Å². The van der Waals surface area contributed by atoms with Gasteiger partial charge in [-0.25, -0.2) is 10.2 Å². The summed E-state index contributed by atoms with van der Waals surface area (Å²) in [6.07, 6.45) is 1.64. The van der Waals surface area contributed by atoms with E-state index in [1.54, 1.807) is 6.07 Å². The summed E-state index contributed by atoms with van der Waals surface area (Å²) in [6, 6.07) is 5.81. The lowest BCUT2D eigenvalue weighted by Gasteiger charge is -2.06. The van der Waals surface area contributed by atoms with Gasteiger partial charge in [-0.2, -0.15) is 5.26 Å². The number of rotatable bonds is 6. The molecule has 0 bridgehead atoms. The summed E-state index contributed by atoms with van der Waals surface area (Å²) in [6.45, 7) is 0.378. The van der Waals surface area contributed by atoms with E-state index in [1.165, 1.54) is 18.2 Å². The predicted molar refractivity (Wildman–Crippen MR) is 62.8 cm³/mol. The number of halogens is 1. The number of nitrogens with zero attached hydrogens (tertiary/aromatic N) is 1. The van der Waals surface area contributed by atoms with Gasteiger partial charge in [0, 0.05) is 12.5 Å². The third kappa shape index (κ3) is 4.39. The molecule has 0 aliphatic heterocycles. The third-order valence-corrected chi connectivity index (χ3v) is 2.29. The maximum atomic E-state index is 13.2. The second-order valence-electron chi connectivity index (χ2n) is 3.63. The molecule has 0 heterocycles. The Kier molecular flexibility index (Phi) is 5.61. The van der Waals surface area contributed by atoms with Crippen LogP contribution in [-0.2, 0) is 4.79 Å². The Morgan fingerprint density at radius 1 is 1.50 bits per heavy atom. The third-order valence-electron chi connectivity index (χ3n) is 2.29. The largest absolute Gasteiger partial charge is 0.493 e. The molecule has 5 nitrogen and oxygen atoms in total. The molecule has 0 spiro atoms. The number of nitriles is 1. The molecule has 0 aromatic heterocycles. The fourth-order valence-electron chi connectivity index (χ4n) is 1.33. The molecule has 0 aliphatic rings. The fourth-order valence-corrected chi connectivity index (χ4v) is 1.33. The van der Waals surface area contributed by atoms with Crippen LogP contribution in [0.3, 0.4) is 0 Å². The Balaban J connectivity index is 2.30. The van der Waals surface area contributed by atoms with E-state index >= 15 is 0 Å². The van der Waals surface area contributed by atoms with Crippen molar-refractivity contribution in [1.29, 1.82) is 5.26 Å². The number of hydrazine groups is 1. The van der Waals surface area contributed by atoms with Gasteiger partial charge in [-0.15, -0.1) is 0 Å². The molecule has 0 atom stereocenters. The van der Waals surface area contributed by atoms with Crippen molar-refractivity contribution in [2.75, 3.05) is 6.61 Å². The Hall–Kier alpha value is -2.13. The minimum absolute atomic E-state index is 0.0121. The highest BCUT2D eigenvalue weighted by Crippen LogP contribution is 2.16. The van der Waals surface area contributed by atoms with Crippen LogP contribution in [0.4, 0.5) is 4.39 Å². The number of nitrogens with two attached hydrogens (primary N) is 1. The van der Waals surface area contributed by atoms with Crippen LogP contribution in [0.25, 0.3) is 0 Å². The average molecular weight is 251 g/mol. The molecule has 18 heavy (non-hydrogen) atoms.